The number of amides is 1. The number of carbonyl (C=O) groups is 1. The van der Waals surface area contributed by atoms with E-state index >= 15 is 0 Å². The van der Waals surface area contributed by atoms with Crippen molar-refractivity contribution in [3.8, 4) is 0 Å². The van der Waals surface area contributed by atoms with Crippen LogP contribution in [-0.4, -0.2) is 30.6 Å². The summed E-state index contributed by atoms with van der Waals surface area (Å²) in [7, 11) is 0. The van der Waals surface area contributed by atoms with Crippen molar-refractivity contribution in [2.24, 2.45) is 0 Å². The predicted molar refractivity (Wildman–Crippen MR) is 78.3 cm³/mol. The molecule has 0 heterocycles. The third kappa shape index (κ3) is 4.56. The molecule has 1 unspecified atom stereocenters. The average Bonchev–Trinajstić information content (AvgIpc) is 2.44. The highest BCUT2D eigenvalue weighted by atomic mass is 16.3. The monoisotopic (exact) mass is 264 g/mol. The summed E-state index contributed by atoms with van der Waals surface area (Å²) in [6, 6.07) is 7.75. The summed E-state index contributed by atoms with van der Waals surface area (Å²) in [5, 5.41) is 12.6. The number of nitrogens with zero attached hydrogens (tertiary/aromatic N) is 1. The molecule has 2 N–H and O–H groups in total. The Morgan fingerprint density at radius 2 is 1.89 bits per heavy atom. The number of anilines is 1. The highest BCUT2D eigenvalue weighted by Crippen LogP contribution is 2.20. The van der Waals surface area contributed by atoms with Gasteiger partial charge in [0.2, 0.25) is 5.91 Å². The Kier molecular flexibility index (Phi) is 6.36. The standard InChI is InChI=1S/C15H24N2O2/c1-4-14(18)12-7-9-13(10-8-12)17(6-3)11-15(19)16-5-2/h7-10,14,18H,4-6,11H2,1-3H3,(H,16,19). The maximum absolute atomic E-state index is 11.6. The molecular formula is C15H24N2O2. The van der Waals surface area contributed by atoms with Crippen molar-refractivity contribution in [2.75, 3.05) is 24.5 Å². The van der Waals surface area contributed by atoms with Gasteiger partial charge in [-0.3, -0.25) is 4.79 Å². The van der Waals surface area contributed by atoms with Crippen LogP contribution in [-0.2, 0) is 4.79 Å². The smallest absolute Gasteiger partial charge is 0.239 e. The number of hydrogen-bond donors (Lipinski definition) is 2. The van der Waals surface area contributed by atoms with Crippen LogP contribution in [0.2, 0.25) is 0 Å². The summed E-state index contributed by atoms with van der Waals surface area (Å²) >= 11 is 0. The number of likely N-dealkylation sites (N-methyl/N-ethyl adjacent to an activating group) is 2. The van der Waals surface area contributed by atoms with Crippen LogP contribution in [0.15, 0.2) is 24.3 Å². The quantitative estimate of drug-likeness (QED) is 0.793. The van der Waals surface area contributed by atoms with Gasteiger partial charge >= 0.3 is 0 Å². The van der Waals surface area contributed by atoms with Gasteiger partial charge in [0.25, 0.3) is 0 Å². The fraction of sp³-hybridized carbons (Fsp3) is 0.533. The normalized spacial score (nSPS) is 12.0. The molecule has 0 fully saturated rings. The lowest BCUT2D eigenvalue weighted by atomic mass is 10.1. The summed E-state index contributed by atoms with van der Waals surface area (Å²) < 4.78 is 0. The zero-order valence-electron chi connectivity index (χ0n) is 12.0. The van der Waals surface area contributed by atoms with Crippen LogP contribution < -0.4 is 10.2 Å². The molecule has 1 aromatic carbocycles. The SMILES string of the molecule is CCNC(=O)CN(CC)c1ccc(C(O)CC)cc1. The number of nitrogens with one attached hydrogen (secondary N) is 1. The van der Waals surface area contributed by atoms with Crippen LogP contribution in [0.3, 0.4) is 0 Å². The second-order valence-corrected chi connectivity index (χ2v) is 4.48. The van der Waals surface area contributed by atoms with Gasteiger partial charge < -0.3 is 15.3 Å². The first-order chi connectivity index (χ1) is 9.12. The fourth-order valence-electron chi connectivity index (χ4n) is 1.96. The minimum absolute atomic E-state index is 0.0296. The van der Waals surface area contributed by atoms with Gasteiger partial charge in [-0.15, -0.1) is 0 Å². The summed E-state index contributed by atoms with van der Waals surface area (Å²) in [5.41, 5.74) is 1.92. The molecule has 1 aromatic rings. The van der Waals surface area contributed by atoms with Crippen molar-refractivity contribution in [3.05, 3.63) is 29.8 Å². The molecule has 0 aromatic heterocycles. The molecule has 1 amide bonds. The van der Waals surface area contributed by atoms with E-state index < -0.39 is 6.10 Å². The molecule has 19 heavy (non-hydrogen) atoms. The molecule has 0 bridgehead atoms. The Balaban J connectivity index is 2.73. The first kappa shape index (κ1) is 15.5. The lowest BCUT2D eigenvalue weighted by Gasteiger charge is -2.23. The molecule has 0 radical (unpaired) electrons. The Morgan fingerprint density at radius 1 is 1.26 bits per heavy atom. The summed E-state index contributed by atoms with van der Waals surface area (Å²) in [5.74, 6) is 0.0296. The van der Waals surface area contributed by atoms with Crippen LogP contribution in [0.1, 0.15) is 38.9 Å². The second kappa shape index (κ2) is 7.79. The van der Waals surface area contributed by atoms with Crippen molar-refractivity contribution in [3.63, 3.8) is 0 Å². The van der Waals surface area contributed by atoms with Crippen molar-refractivity contribution in [2.45, 2.75) is 33.3 Å². The number of benzene rings is 1. The zero-order chi connectivity index (χ0) is 14.3. The average molecular weight is 264 g/mol. The Bertz CT molecular complexity index is 390. The van der Waals surface area contributed by atoms with E-state index in [0.717, 1.165) is 17.8 Å². The molecule has 0 spiro atoms. The van der Waals surface area contributed by atoms with E-state index in [4.69, 9.17) is 0 Å². The van der Waals surface area contributed by atoms with Crippen LogP contribution in [0.5, 0.6) is 0 Å². The largest absolute Gasteiger partial charge is 0.388 e. The molecule has 0 aliphatic rings. The van der Waals surface area contributed by atoms with E-state index in [-0.39, 0.29) is 5.91 Å². The Labute approximate surface area is 115 Å². The van der Waals surface area contributed by atoms with E-state index in [0.29, 0.717) is 19.5 Å². The summed E-state index contributed by atoms with van der Waals surface area (Å²) in [4.78, 5) is 13.6. The van der Waals surface area contributed by atoms with Gasteiger partial charge in [0, 0.05) is 18.8 Å². The van der Waals surface area contributed by atoms with Gasteiger partial charge in [-0.1, -0.05) is 19.1 Å². The maximum Gasteiger partial charge on any atom is 0.239 e. The van der Waals surface area contributed by atoms with Gasteiger partial charge in [-0.25, -0.2) is 0 Å². The molecule has 4 nitrogen and oxygen atoms in total. The van der Waals surface area contributed by atoms with E-state index in [1.54, 1.807) is 0 Å². The first-order valence-electron chi connectivity index (χ1n) is 6.92. The van der Waals surface area contributed by atoms with Crippen LogP contribution in [0, 0.1) is 0 Å². The van der Waals surface area contributed by atoms with Crippen LogP contribution in [0.4, 0.5) is 5.69 Å². The predicted octanol–water partition coefficient (Wildman–Crippen LogP) is 2.09. The minimum atomic E-state index is -0.410. The molecule has 0 saturated carbocycles. The topological polar surface area (TPSA) is 52.6 Å². The van der Waals surface area contributed by atoms with E-state index in [1.807, 2.05) is 49.9 Å². The van der Waals surface area contributed by atoms with Crippen molar-refractivity contribution in [1.82, 2.24) is 5.32 Å². The van der Waals surface area contributed by atoms with Crippen molar-refractivity contribution >= 4 is 11.6 Å². The Morgan fingerprint density at radius 3 is 2.37 bits per heavy atom. The van der Waals surface area contributed by atoms with Gasteiger partial charge in [0.1, 0.15) is 0 Å². The number of hydrogen-bond acceptors (Lipinski definition) is 3. The molecule has 1 rings (SSSR count). The highest BCUT2D eigenvalue weighted by molar-refractivity contribution is 5.81. The molecule has 0 aliphatic carbocycles. The van der Waals surface area contributed by atoms with Gasteiger partial charge in [-0.2, -0.15) is 0 Å². The first-order valence-corrected chi connectivity index (χ1v) is 6.92. The fourth-order valence-corrected chi connectivity index (χ4v) is 1.96. The summed E-state index contributed by atoms with van der Waals surface area (Å²) in [6.07, 6.45) is 0.294. The van der Waals surface area contributed by atoms with Crippen molar-refractivity contribution < 1.29 is 9.90 Å². The molecule has 4 heteroatoms. The highest BCUT2D eigenvalue weighted by Gasteiger charge is 2.10. The zero-order valence-corrected chi connectivity index (χ0v) is 12.0. The van der Waals surface area contributed by atoms with Gasteiger partial charge in [-0.05, 0) is 38.0 Å². The van der Waals surface area contributed by atoms with Crippen LogP contribution >= 0.6 is 0 Å². The third-order valence-corrected chi connectivity index (χ3v) is 3.12. The lowest BCUT2D eigenvalue weighted by molar-refractivity contribution is -0.119. The molecule has 0 aliphatic heterocycles. The molecule has 106 valence electrons. The molecule has 0 saturated heterocycles. The minimum Gasteiger partial charge on any atom is -0.388 e. The molecule has 1 atom stereocenters. The van der Waals surface area contributed by atoms with Gasteiger partial charge in [0.05, 0.1) is 12.6 Å². The van der Waals surface area contributed by atoms with E-state index in [2.05, 4.69) is 5.32 Å². The van der Waals surface area contributed by atoms with E-state index in [9.17, 15) is 9.90 Å². The van der Waals surface area contributed by atoms with E-state index in [1.165, 1.54) is 0 Å². The van der Waals surface area contributed by atoms with Gasteiger partial charge in [0.15, 0.2) is 0 Å². The summed E-state index contributed by atoms with van der Waals surface area (Å²) in [6.45, 7) is 7.67. The number of aliphatic hydroxyl groups excluding tert-OH is 1. The second-order valence-electron chi connectivity index (χ2n) is 4.48. The lowest BCUT2D eigenvalue weighted by Crippen LogP contribution is -2.37. The number of aliphatic hydroxyl groups is 1. The molecular weight excluding hydrogens is 240 g/mol. The number of rotatable bonds is 7. The maximum atomic E-state index is 11.6. The Hall–Kier alpha value is -1.55. The number of carbonyl (C=O) groups excluding carboxylic acids is 1. The third-order valence-electron chi connectivity index (χ3n) is 3.12. The van der Waals surface area contributed by atoms with Crippen LogP contribution in [0.25, 0.3) is 0 Å². The van der Waals surface area contributed by atoms with Crippen molar-refractivity contribution in [1.29, 1.82) is 0 Å².